The van der Waals surface area contributed by atoms with Gasteiger partial charge in [-0.2, -0.15) is 9.97 Å². The number of nitrogens with one attached hydrogen (secondary N) is 1. The number of halogens is 1. The summed E-state index contributed by atoms with van der Waals surface area (Å²) in [5.41, 5.74) is 0.271. The van der Waals surface area contributed by atoms with Gasteiger partial charge in [-0.3, -0.25) is 9.29 Å². The van der Waals surface area contributed by atoms with E-state index in [0.717, 1.165) is 12.8 Å². The van der Waals surface area contributed by atoms with Gasteiger partial charge in [-0.25, -0.2) is 18.4 Å². The lowest BCUT2D eigenvalue weighted by Gasteiger charge is -2.24. The number of rotatable bonds is 9. The molecule has 0 amide bonds. The van der Waals surface area contributed by atoms with Gasteiger partial charge in [0.25, 0.3) is 0 Å². The van der Waals surface area contributed by atoms with Crippen molar-refractivity contribution in [3.63, 3.8) is 0 Å². The third-order valence-corrected chi connectivity index (χ3v) is 8.10. The van der Waals surface area contributed by atoms with Crippen molar-refractivity contribution in [3.05, 3.63) is 35.4 Å². The molecular weight excluding hydrogens is 512 g/mol. The summed E-state index contributed by atoms with van der Waals surface area (Å²) in [6.45, 7) is 4.34. The van der Waals surface area contributed by atoms with Gasteiger partial charge in [-0.15, -0.1) is 10.2 Å². The van der Waals surface area contributed by atoms with Crippen LogP contribution in [0.4, 0.5) is 5.95 Å². The van der Waals surface area contributed by atoms with Crippen LogP contribution in [-0.4, -0.2) is 75.8 Å². The Labute approximate surface area is 213 Å². The molecule has 0 bridgehead atoms. The summed E-state index contributed by atoms with van der Waals surface area (Å²) in [6, 6.07) is 0. The molecule has 15 heteroatoms. The first-order chi connectivity index (χ1) is 17.3. The molecule has 4 heterocycles. The van der Waals surface area contributed by atoms with Crippen LogP contribution < -0.4 is 14.2 Å². The molecule has 36 heavy (non-hydrogen) atoms. The molecule has 2 unspecified atom stereocenters. The Bertz CT molecular complexity index is 1280. The monoisotopic (exact) mass is 538 g/mol. The van der Waals surface area contributed by atoms with Gasteiger partial charge in [-0.05, 0) is 19.8 Å². The predicted octanol–water partition coefficient (Wildman–Crippen LogP) is 2.35. The number of nitrogens with zero attached hydrogens (tertiary/aromatic N) is 7. The summed E-state index contributed by atoms with van der Waals surface area (Å²) in [5.74, 6) is 0.397. The van der Waals surface area contributed by atoms with Gasteiger partial charge in [0.05, 0.1) is 31.1 Å². The SMILES string of the molecule is COc1ncnc(OC)c1-n1c(NS(=O)(=O)C(C)C(C)c2ncc(Cl)cn2)nnc1[C@@H]1CCCOC1. The average molecular weight is 539 g/mol. The molecule has 1 aliphatic heterocycles. The summed E-state index contributed by atoms with van der Waals surface area (Å²) < 4.78 is 47.6. The maximum atomic E-state index is 13.5. The second kappa shape index (κ2) is 10.9. The molecule has 3 aromatic heterocycles. The normalized spacial score (nSPS) is 17.9. The lowest BCUT2D eigenvalue weighted by molar-refractivity contribution is 0.0775. The number of methoxy groups -OCH3 is 2. The van der Waals surface area contributed by atoms with Crippen molar-refractivity contribution in [2.75, 3.05) is 32.2 Å². The third-order valence-electron chi connectivity index (χ3n) is 6.05. The molecule has 1 saturated heterocycles. The number of aromatic nitrogens is 7. The third kappa shape index (κ3) is 5.20. The van der Waals surface area contributed by atoms with Gasteiger partial charge in [0, 0.05) is 30.8 Å². The van der Waals surface area contributed by atoms with Gasteiger partial charge in [-0.1, -0.05) is 18.5 Å². The zero-order valence-electron chi connectivity index (χ0n) is 20.3. The highest BCUT2D eigenvalue weighted by atomic mass is 35.5. The number of hydrogen-bond acceptors (Lipinski definition) is 11. The van der Waals surface area contributed by atoms with Crippen molar-refractivity contribution in [2.24, 2.45) is 0 Å². The van der Waals surface area contributed by atoms with E-state index in [1.54, 1.807) is 13.8 Å². The van der Waals surface area contributed by atoms with E-state index >= 15 is 0 Å². The number of anilines is 1. The Kier molecular flexibility index (Phi) is 7.85. The van der Waals surface area contributed by atoms with Crippen LogP contribution in [0, 0.1) is 0 Å². The van der Waals surface area contributed by atoms with Crippen LogP contribution >= 0.6 is 11.6 Å². The van der Waals surface area contributed by atoms with Gasteiger partial charge < -0.3 is 14.2 Å². The van der Waals surface area contributed by atoms with Gasteiger partial charge in [0.2, 0.25) is 27.7 Å². The quantitative estimate of drug-likeness (QED) is 0.426. The lowest BCUT2D eigenvalue weighted by atomic mass is 10.0. The van der Waals surface area contributed by atoms with E-state index < -0.39 is 21.2 Å². The Morgan fingerprint density at radius 2 is 1.78 bits per heavy atom. The molecular formula is C21H27ClN8O5S. The van der Waals surface area contributed by atoms with E-state index in [1.807, 2.05) is 0 Å². The minimum absolute atomic E-state index is 0.0574. The van der Waals surface area contributed by atoms with Crippen LogP contribution in [0.5, 0.6) is 11.8 Å². The standard InChI is InChI=1S/C21H27ClN8O5S/c1-12(17-23-8-15(22)9-24-17)13(2)36(31,32)29-21-28-27-18(14-6-5-7-35-10-14)30(21)16-19(33-3)25-11-26-20(16)34-4/h8-9,11-14H,5-7,10H2,1-4H3,(H,28,29)/t12?,13?,14-/m1/s1. The summed E-state index contributed by atoms with van der Waals surface area (Å²) in [4.78, 5) is 16.7. The second-order valence-corrected chi connectivity index (χ2v) is 10.7. The summed E-state index contributed by atoms with van der Waals surface area (Å²) in [7, 11) is -1.11. The maximum Gasteiger partial charge on any atom is 0.245 e. The highest BCUT2D eigenvalue weighted by molar-refractivity contribution is 7.93. The number of sulfonamides is 1. The van der Waals surface area contributed by atoms with E-state index in [9.17, 15) is 8.42 Å². The summed E-state index contributed by atoms with van der Waals surface area (Å²) in [5, 5.41) is 7.94. The zero-order chi connectivity index (χ0) is 25.9. The van der Waals surface area contributed by atoms with E-state index in [4.69, 9.17) is 25.8 Å². The molecule has 1 N–H and O–H groups in total. The van der Waals surface area contributed by atoms with Crippen LogP contribution in [0.3, 0.4) is 0 Å². The summed E-state index contributed by atoms with van der Waals surface area (Å²) in [6.07, 6.45) is 5.75. The first kappa shape index (κ1) is 26.0. The van der Waals surface area contributed by atoms with Crippen LogP contribution in [0.25, 0.3) is 5.69 Å². The van der Waals surface area contributed by atoms with Gasteiger partial charge in [0.1, 0.15) is 18.0 Å². The molecule has 0 spiro atoms. The van der Waals surface area contributed by atoms with E-state index in [-0.39, 0.29) is 29.3 Å². The van der Waals surface area contributed by atoms with Crippen molar-refractivity contribution >= 4 is 27.6 Å². The molecule has 4 rings (SSSR count). The Morgan fingerprint density at radius 3 is 2.36 bits per heavy atom. The van der Waals surface area contributed by atoms with E-state index in [0.29, 0.717) is 29.9 Å². The second-order valence-electron chi connectivity index (χ2n) is 8.27. The van der Waals surface area contributed by atoms with Crippen molar-refractivity contribution in [1.82, 2.24) is 34.7 Å². The Hall–Kier alpha value is -3.10. The molecule has 3 atom stereocenters. The topological polar surface area (TPSA) is 156 Å². The number of ether oxygens (including phenoxy) is 3. The molecule has 1 aliphatic rings. The molecule has 3 aromatic rings. The molecule has 13 nitrogen and oxygen atoms in total. The molecule has 194 valence electrons. The minimum atomic E-state index is -4.00. The fourth-order valence-corrected chi connectivity index (χ4v) is 5.21. The van der Waals surface area contributed by atoms with Gasteiger partial charge in [0.15, 0.2) is 5.69 Å². The van der Waals surface area contributed by atoms with Gasteiger partial charge >= 0.3 is 0 Å². The van der Waals surface area contributed by atoms with Crippen molar-refractivity contribution in [1.29, 1.82) is 0 Å². The predicted molar refractivity (Wildman–Crippen MR) is 130 cm³/mol. The van der Waals surface area contributed by atoms with E-state index in [1.165, 1.54) is 37.5 Å². The van der Waals surface area contributed by atoms with Crippen molar-refractivity contribution < 1.29 is 22.6 Å². The number of hydrogen-bond donors (Lipinski definition) is 1. The Morgan fingerprint density at radius 1 is 1.11 bits per heavy atom. The molecule has 0 aromatic carbocycles. The highest BCUT2D eigenvalue weighted by Gasteiger charge is 2.34. The average Bonchev–Trinajstić information content (AvgIpc) is 3.30. The van der Waals surface area contributed by atoms with Crippen LogP contribution in [0.2, 0.25) is 5.02 Å². The van der Waals surface area contributed by atoms with Crippen LogP contribution in [0.15, 0.2) is 18.7 Å². The zero-order valence-corrected chi connectivity index (χ0v) is 21.8. The first-order valence-corrected chi connectivity index (χ1v) is 13.1. The van der Waals surface area contributed by atoms with Crippen molar-refractivity contribution in [3.8, 4) is 17.4 Å². The molecule has 0 saturated carbocycles. The fraction of sp³-hybridized carbons (Fsp3) is 0.524. The maximum absolute atomic E-state index is 13.5. The molecule has 0 aliphatic carbocycles. The van der Waals surface area contributed by atoms with Crippen LogP contribution in [0.1, 0.15) is 50.2 Å². The van der Waals surface area contributed by atoms with E-state index in [2.05, 4.69) is 34.9 Å². The minimum Gasteiger partial charge on any atom is -0.479 e. The summed E-state index contributed by atoms with van der Waals surface area (Å²) >= 11 is 5.87. The smallest absolute Gasteiger partial charge is 0.245 e. The lowest BCUT2D eigenvalue weighted by Crippen LogP contribution is -2.31. The fourth-order valence-electron chi connectivity index (χ4n) is 3.89. The van der Waals surface area contributed by atoms with Crippen molar-refractivity contribution in [2.45, 2.75) is 43.8 Å². The molecule has 1 fully saturated rings. The molecule has 0 radical (unpaired) electrons. The Balaban J connectivity index is 1.77. The largest absolute Gasteiger partial charge is 0.479 e. The van der Waals surface area contributed by atoms with Crippen LogP contribution in [-0.2, 0) is 14.8 Å². The first-order valence-electron chi connectivity index (χ1n) is 11.2. The highest BCUT2D eigenvalue weighted by Crippen LogP contribution is 2.36.